The van der Waals surface area contributed by atoms with Crippen molar-refractivity contribution >= 4 is 29.0 Å². The highest BCUT2D eigenvalue weighted by molar-refractivity contribution is 8.01. The summed E-state index contributed by atoms with van der Waals surface area (Å²) in [6.07, 6.45) is 0. The van der Waals surface area contributed by atoms with Gasteiger partial charge in [0.05, 0.1) is 0 Å². The van der Waals surface area contributed by atoms with E-state index in [0.717, 1.165) is 0 Å². The van der Waals surface area contributed by atoms with Crippen molar-refractivity contribution in [2.75, 3.05) is 0 Å². The molecule has 0 aliphatic heterocycles. The van der Waals surface area contributed by atoms with Crippen molar-refractivity contribution in [2.45, 2.75) is 9.85 Å². The molecule has 0 unspecified atom stereocenters. The predicted octanol–water partition coefficient (Wildman–Crippen LogP) is 1.25. The number of halogens is 3. The lowest BCUT2D eigenvalue weighted by Gasteiger charge is -1.99. The summed E-state index contributed by atoms with van der Waals surface area (Å²) in [6, 6.07) is 0. The van der Waals surface area contributed by atoms with Crippen molar-refractivity contribution < 1.29 is 18.0 Å². The van der Waals surface area contributed by atoms with E-state index >= 15 is 0 Å². The van der Waals surface area contributed by atoms with E-state index in [2.05, 4.69) is 10.2 Å². The number of carbonyl (C=O) groups excluding carboxylic acids is 1. The number of hydrogen-bond acceptors (Lipinski definition) is 5. The van der Waals surface area contributed by atoms with E-state index in [1.807, 2.05) is 0 Å². The quantitative estimate of drug-likeness (QED) is 0.775. The molecule has 0 radical (unpaired) electrons. The summed E-state index contributed by atoms with van der Waals surface area (Å²) < 4.78 is 34.9. The molecule has 0 aliphatic carbocycles. The van der Waals surface area contributed by atoms with Crippen molar-refractivity contribution in [1.29, 1.82) is 0 Å². The van der Waals surface area contributed by atoms with Crippen LogP contribution >= 0.6 is 23.1 Å². The topological polar surface area (TPSA) is 68.9 Å². The number of hydrogen-bond donors (Lipinski definition) is 1. The average molecular weight is 229 g/mol. The highest BCUT2D eigenvalue weighted by atomic mass is 32.2. The molecule has 4 nitrogen and oxygen atoms in total. The molecule has 13 heavy (non-hydrogen) atoms. The molecule has 2 N–H and O–H groups in total. The van der Waals surface area contributed by atoms with E-state index in [4.69, 9.17) is 5.73 Å². The molecule has 9 heteroatoms. The number of aromatic nitrogens is 2. The highest BCUT2D eigenvalue weighted by Gasteiger charge is 2.31. The first kappa shape index (κ1) is 10.3. The summed E-state index contributed by atoms with van der Waals surface area (Å²) in [5, 5.41) is 6.08. The van der Waals surface area contributed by atoms with Gasteiger partial charge in [0.15, 0.2) is 4.34 Å². The first-order valence-corrected chi connectivity index (χ1v) is 4.41. The zero-order valence-corrected chi connectivity index (χ0v) is 7.46. The molecule has 1 heterocycles. The lowest BCUT2D eigenvalue weighted by molar-refractivity contribution is -0.0328. The molecule has 0 atom stereocenters. The lowest BCUT2D eigenvalue weighted by atomic mass is 10.7. The maximum Gasteiger partial charge on any atom is 0.448 e. The Kier molecular flexibility index (Phi) is 2.76. The fourth-order valence-corrected chi connectivity index (χ4v) is 1.85. The summed E-state index contributed by atoms with van der Waals surface area (Å²) >= 11 is 0.0902. The van der Waals surface area contributed by atoms with Crippen LogP contribution in [-0.4, -0.2) is 21.6 Å². The molecule has 1 aromatic rings. The van der Waals surface area contributed by atoms with Gasteiger partial charge >= 0.3 is 5.51 Å². The number of alkyl halides is 3. The molecule has 72 valence electrons. The first-order chi connectivity index (χ1) is 5.88. The van der Waals surface area contributed by atoms with Crippen molar-refractivity contribution in [3.05, 3.63) is 5.01 Å². The fraction of sp³-hybridized carbons (Fsp3) is 0.250. The Bertz CT molecular complexity index is 323. The predicted molar refractivity (Wildman–Crippen MR) is 40.3 cm³/mol. The van der Waals surface area contributed by atoms with Crippen LogP contribution in [-0.2, 0) is 0 Å². The van der Waals surface area contributed by atoms with Gasteiger partial charge in [0.2, 0.25) is 5.01 Å². The Labute approximate surface area is 78.3 Å². The maximum absolute atomic E-state index is 11.7. The summed E-state index contributed by atoms with van der Waals surface area (Å²) in [6.45, 7) is 0. The van der Waals surface area contributed by atoms with Gasteiger partial charge in [-0.1, -0.05) is 11.3 Å². The molecule has 0 aliphatic rings. The van der Waals surface area contributed by atoms with Gasteiger partial charge in [-0.2, -0.15) is 13.2 Å². The van der Waals surface area contributed by atoms with Gasteiger partial charge in [0.1, 0.15) is 0 Å². The maximum atomic E-state index is 11.7. The standard InChI is InChI=1S/C4H2F3N3OS2/c5-4(6,7)13-3-10-9-2(12-3)1(8)11/h(H2,8,11). The van der Waals surface area contributed by atoms with Gasteiger partial charge in [-0.3, -0.25) is 4.79 Å². The molecule has 0 aromatic carbocycles. The molecule has 0 saturated carbocycles. The minimum Gasteiger partial charge on any atom is -0.363 e. The molecular formula is C4H2F3N3OS2. The third kappa shape index (κ3) is 3.19. The van der Waals surface area contributed by atoms with Crippen LogP contribution in [0, 0.1) is 0 Å². The Morgan fingerprint density at radius 1 is 1.46 bits per heavy atom. The van der Waals surface area contributed by atoms with Gasteiger partial charge in [0.25, 0.3) is 5.91 Å². The second-order valence-corrected chi connectivity index (χ2v) is 4.07. The summed E-state index contributed by atoms with van der Waals surface area (Å²) in [5.41, 5.74) is 0.347. The third-order valence-electron chi connectivity index (χ3n) is 0.820. The van der Waals surface area contributed by atoms with E-state index < -0.39 is 23.2 Å². The summed E-state index contributed by atoms with van der Waals surface area (Å²) in [5.74, 6) is -0.883. The number of nitrogens with two attached hydrogens (primary N) is 1. The molecule has 0 fully saturated rings. The normalized spacial score (nSPS) is 11.6. The molecule has 1 rings (SSSR count). The summed E-state index contributed by atoms with van der Waals surface area (Å²) in [7, 11) is 0. The van der Waals surface area contributed by atoms with Crippen molar-refractivity contribution in [3.8, 4) is 0 Å². The largest absolute Gasteiger partial charge is 0.448 e. The van der Waals surface area contributed by atoms with Crippen LogP contribution in [0.2, 0.25) is 0 Å². The molecule has 0 bridgehead atoms. The number of amides is 1. The number of nitrogens with zero attached hydrogens (tertiary/aromatic N) is 2. The Hall–Kier alpha value is -0.830. The van der Waals surface area contributed by atoms with Gasteiger partial charge in [-0.05, 0) is 0 Å². The molecule has 0 saturated heterocycles. The summed E-state index contributed by atoms with van der Waals surface area (Å²) in [4.78, 5) is 10.4. The second-order valence-electron chi connectivity index (χ2n) is 1.79. The smallest absolute Gasteiger partial charge is 0.363 e. The average Bonchev–Trinajstić information content (AvgIpc) is 2.31. The van der Waals surface area contributed by atoms with Crippen LogP contribution < -0.4 is 5.73 Å². The van der Waals surface area contributed by atoms with E-state index in [1.165, 1.54) is 0 Å². The van der Waals surface area contributed by atoms with E-state index in [9.17, 15) is 18.0 Å². The van der Waals surface area contributed by atoms with E-state index in [-0.39, 0.29) is 9.35 Å². The van der Waals surface area contributed by atoms with Crippen LogP contribution in [0.4, 0.5) is 13.2 Å². The van der Waals surface area contributed by atoms with Crippen molar-refractivity contribution in [1.82, 2.24) is 10.2 Å². The first-order valence-electron chi connectivity index (χ1n) is 2.77. The number of thioether (sulfide) groups is 1. The zero-order valence-electron chi connectivity index (χ0n) is 5.83. The van der Waals surface area contributed by atoms with Gasteiger partial charge < -0.3 is 5.73 Å². The van der Waals surface area contributed by atoms with Crippen LogP contribution in [0.1, 0.15) is 9.80 Å². The number of primary amides is 1. The highest BCUT2D eigenvalue weighted by Crippen LogP contribution is 2.37. The minimum atomic E-state index is -4.42. The molecule has 1 aromatic heterocycles. The second kappa shape index (κ2) is 3.50. The number of rotatable bonds is 2. The Morgan fingerprint density at radius 2 is 2.08 bits per heavy atom. The van der Waals surface area contributed by atoms with Crippen LogP contribution in [0.3, 0.4) is 0 Å². The van der Waals surface area contributed by atoms with Crippen LogP contribution in [0.25, 0.3) is 0 Å². The van der Waals surface area contributed by atoms with Crippen molar-refractivity contribution in [3.63, 3.8) is 0 Å². The van der Waals surface area contributed by atoms with Gasteiger partial charge in [-0.15, -0.1) is 10.2 Å². The molecular weight excluding hydrogens is 227 g/mol. The van der Waals surface area contributed by atoms with Gasteiger partial charge in [-0.25, -0.2) is 0 Å². The zero-order chi connectivity index (χ0) is 10.1. The molecule has 0 spiro atoms. The SMILES string of the molecule is NC(=O)c1nnc(SC(F)(F)F)s1. The van der Waals surface area contributed by atoms with Gasteiger partial charge in [0, 0.05) is 11.8 Å². The van der Waals surface area contributed by atoms with E-state index in [0.29, 0.717) is 11.3 Å². The minimum absolute atomic E-state index is 0.230. The fourth-order valence-electron chi connectivity index (χ4n) is 0.450. The van der Waals surface area contributed by atoms with E-state index in [1.54, 1.807) is 0 Å². The van der Waals surface area contributed by atoms with Crippen molar-refractivity contribution in [2.24, 2.45) is 5.73 Å². The third-order valence-corrected chi connectivity index (χ3v) is 2.54. The van der Waals surface area contributed by atoms with Crippen LogP contribution in [0.15, 0.2) is 4.34 Å². The Balaban J connectivity index is 2.75. The number of carbonyl (C=O) groups is 1. The lowest BCUT2D eigenvalue weighted by Crippen LogP contribution is -2.10. The molecule has 1 amide bonds. The van der Waals surface area contributed by atoms with Crippen LogP contribution in [0.5, 0.6) is 0 Å². The monoisotopic (exact) mass is 229 g/mol. The Morgan fingerprint density at radius 3 is 2.46 bits per heavy atom.